The molecule has 4 heteroatoms. The zero-order valence-corrected chi connectivity index (χ0v) is 9.75. The average Bonchev–Trinajstić information content (AvgIpc) is 3.01. The fourth-order valence-electron chi connectivity index (χ4n) is 1.72. The van der Waals surface area contributed by atoms with Crippen LogP contribution in [0, 0.1) is 11.7 Å². The summed E-state index contributed by atoms with van der Waals surface area (Å²) < 4.78 is 18.3. The molecule has 0 spiro atoms. The van der Waals surface area contributed by atoms with Crippen LogP contribution in [0.1, 0.15) is 17.9 Å². The Morgan fingerprint density at radius 2 is 2.33 bits per heavy atom. The normalized spacial score (nSPS) is 23.7. The molecule has 0 amide bonds. The first-order chi connectivity index (χ1) is 7.13. The van der Waals surface area contributed by atoms with Crippen molar-refractivity contribution >= 4 is 21.9 Å². The van der Waals surface area contributed by atoms with Crippen molar-refractivity contribution in [3.63, 3.8) is 0 Å². The van der Waals surface area contributed by atoms with E-state index in [1.54, 1.807) is 6.07 Å². The molecular weight excluding hydrogens is 263 g/mol. The van der Waals surface area contributed by atoms with Gasteiger partial charge in [-0.2, -0.15) is 0 Å². The topological polar surface area (TPSA) is 26.3 Å². The van der Waals surface area contributed by atoms with E-state index in [4.69, 9.17) is 0 Å². The second-order valence-electron chi connectivity index (χ2n) is 3.65. The second-order valence-corrected chi connectivity index (χ2v) is 4.50. The minimum Gasteiger partial charge on any atom is -0.469 e. The summed E-state index contributed by atoms with van der Waals surface area (Å²) in [5, 5.41) is 0. The van der Waals surface area contributed by atoms with Crippen molar-refractivity contribution in [3.05, 3.63) is 34.1 Å². The molecule has 0 bridgehead atoms. The summed E-state index contributed by atoms with van der Waals surface area (Å²) in [4.78, 5) is 11.2. The van der Waals surface area contributed by atoms with Crippen LogP contribution in [0.4, 0.5) is 4.39 Å². The summed E-state index contributed by atoms with van der Waals surface area (Å²) in [5.41, 5.74) is 0.867. The Morgan fingerprint density at radius 1 is 1.60 bits per heavy atom. The van der Waals surface area contributed by atoms with Crippen LogP contribution in [0.2, 0.25) is 0 Å². The molecule has 0 unspecified atom stereocenters. The third-order valence-corrected chi connectivity index (χ3v) is 3.31. The van der Waals surface area contributed by atoms with E-state index < -0.39 is 0 Å². The van der Waals surface area contributed by atoms with Crippen LogP contribution in [0.5, 0.6) is 0 Å². The maximum atomic E-state index is 13.2. The smallest absolute Gasteiger partial charge is 0.309 e. The number of ether oxygens (including phenoxy) is 1. The molecule has 1 aromatic carbocycles. The zero-order chi connectivity index (χ0) is 11.0. The molecule has 1 fully saturated rings. The standard InChI is InChI=1S/C11H10BrFO2/c1-15-11(14)8-5-7(8)6-2-3-9(12)10(13)4-6/h2-4,7-8H,5H2,1H3/t7-,8+/m0/s1. The van der Waals surface area contributed by atoms with Gasteiger partial charge in [-0.3, -0.25) is 4.79 Å². The first kappa shape index (κ1) is 10.6. The molecule has 2 atom stereocenters. The van der Waals surface area contributed by atoms with Gasteiger partial charge in [0.15, 0.2) is 0 Å². The number of esters is 1. The molecular formula is C11H10BrFO2. The van der Waals surface area contributed by atoms with E-state index in [0.29, 0.717) is 4.47 Å². The monoisotopic (exact) mass is 272 g/mol. The van der Waals surface area contributed by atoms with Crippen LogP contribution in [-0.2, 0) is 9.53 Å². The van der Waals surface area contributed by atoms with Crippen molar-refractivity contribution in [1.29, 1.82) is 0 Å². The Bertz CT molecular complexity index is 406. The Balaban J connectivity index is 2.13. The van der Waals surface area contributed by atoms with Gasteiger partial charge in [0.25, 0.3) is 0 Å². The lowest BCUT2D eigenvalue weighted by Gasteiger charge is -2.01. The zero-order valence-electron chi connectivity index (χ0n) is 8.17. The van der Waals surface area contributed by atoms with Gasteiger partial charge in [-0.05, 0) is 46.0 Å². The van der Waals surface area contributed by atoms with Crippen LogP contribution in [0.15, 0.2) is 22.7 Å². The Kier molecular flexibility index (Phi) is 2.78. The third-order valence-electron chi connectivity index (χ3n) is 2.67. The number of halogens is 2. The van der Waals surface area contributed by atoms with Crippen LogP contribution < -0.4 is 0 Å². The molecule has 0 saturated heterocycles. The predicted octanol–water partition coefficient (Wildman–Crippen LogP) is 2.86. The summed E-state index contributed by atoms with van der Waals surface area (Å²) >= 11 is 3.09. The van der Waals surface area contributed by atoms with E-state index in [-0.39, 0.29) is 23.6 Å². The van der Waals surface area contributed by atoms with Gasteiger partial charge in [-0.1, -0.05) is 6.07 Å². The van der Waals surface area contributed by atoms with Crippen molar-refractivity contribution in [2.24, 2.45) is 5.92 Å². The van der Waals surface area contributed by atoms with E-state index in [0.717, 1.165) is 12.0 Å². The summed E-state index contributed by atoms with van der Waals surface area (Å²) in [6, 6.07) is 4.97. The number of carbonyl (C=O) groups excluding carboxylic acids is 1. The van der Waals surface area contributed by atoms with E-state index in [1.165, 1.54) is 13.2 Å². The third kappa shape index (κ3) is 2.04. The predicted molar refractivity (Wildman–Crippen MR) is 57.0 cm³/mol. The molecule has 0 radical (unpaired) electrons. The SMILES string of the molecule is COC(=O)[C@@H]1C[C@H]1c1ccc(Br)c(F)c1. The number of methoxy groups -OCH3 is 1. The molecule has 1 aliphatic rings. The maximum absolute atomic E-state index is 13.2. The molecule has 0 heterocycles. The van der Waals surface area contributed by atoms with Crippen molar-refractivity contribution < 1.29 is 13.9 Å². The summed E-state index contributed by atoms with van der Waals surface area (Å²) in [7, 11) is 1.37. The largest absolute Gasteiger partial charge is 0.469 e. The number of carbonyl (C=O) groups is 1. The Labute approximate surface area is 95.6 Å². The summed E-state index contributed by atoms with van der Waals surface area (Å²) in [5.74, 6) is -0.457. The van der Waals surface area contributed by atoms with Gasteiger partial charge < -0.3 is 4.74 Å². The van der Waals surface area contributed by atoms with E-state index in [9.17, 15) is 9.18 Å². The van der Waals surface area contributed by atoms with Gasteiger partial charge in [-0.15, -0.1) is 0 Å². The summed E-state index contributed by atoms with van der Waals surface area (Å²) in [6.07, 6.45) is 0.758. The molecule has 0 N–H and O–H groups in total. The molecule has 1 saturated carbocycles. The van der Waals surface area contributed by atoms with Gasteiger partial charge in [0.2, 0.25) is 0 Å². The van der Waals surface area contributed by atoms with Crippen LogP contribution in [0.3, 0.4) is 0 Å². The van der Waals surface area contributed by atoms with E-state index >= 15 is 0 Å². The fraction of sp³-hybridized carbons (Fsp3) is 0.364. The van der Waals surface area contributed by atoms with E-state index in [1.807, 2.05) is 6.07 Å². The molecule has 2 nitrogen and oxygen atoms in total. The van der Waals surface area contributed by atoms with Gasteiger partial charge >= 0.3 is 5.97 Å². The summed E-state index contributed by atoms with van der Waals surface area (Å²) in [6.45, 7) is 0. The number of rotatable bonds is 2. The fourth-order valence-corrected chi connectivity index (χ4v) is 1.96. The minimum atomic E-state index is -0.289. The van der Waals surface area contributed by atoms with Crippen LogP contribution >= 0.6 is 15.9 Å². The number of hydrogen-bond donors (Lipinski definition) is 0. The van der Waals surface area contributed by atoms with Crippen LogP contribution in [0.25, 0.3) is 0 Å². The van der Waals surface area contributed by atoms with Crippen molar-refractivity contribution in [2.75, 3.05) is 7.11 Å². The molecule has 80 valence electrons. The van der Waals surface area contributed by atoms with Gasteiger partial charge in [0, 0.05) is 0 Å². The second kappa shape index (κ2) is 3.93. The first-order valence-electron chi connectivity index (χ1n) is 4.66. The highest BCUT2D eigenvalue weighted by atomic mass is 79.9. The quantitative estimate of drug-likeness (QED) is 0.774. The highest BCUT2D eigenvalue weighted by molar-refractivity contribution is 9.10. The number of hydrogen-bond acceptors (Lipinski definition) is 2. The molecule has 0 aliphatic heterocycles. The Hall–Kier alpha value is -0.900. The molecule has 2 rings (SSSR count). The first-order valence-corrected chi connectivity index (χ1v) is 5.45. The average molecular weight is 273 g/mol. The molecule has 1 aliphatic carbocycles. The van der Waals surface area contributed by atoms with E-state index in [2.05, 4.69) is 20.7 Å². The van der Waals surface area contributed by atoms with Crippen molar-refractivity contribution in [3.8, 4) is 0 Å². The van der Waals surface area contributed by atoms with Crippen molar-refractivity contribution in [2.45, 2.75) is 12.3 Å². The lowest BCUT2D eigenvalue weighted by atomic mass is 10.1. The molecule has 1 aromatic rings. The van der Waals surface area contributed by atoms with Crippen molar-refractivity contribution in [1.82, 2.24) is 0 Å². The molecule has 15 heavy (non-hydrogen) atoms. The lowest BCUT2D eigenvalue weighted by molar-refractivity contribution is -0.142. The Morgan fingerprint density at radius 3 is 2.93 bits per heavy atom. The highest BCUT2D eigenvalue weighted by Gasteiger charge is 2.45. The molecule has 0 aromatic heterocycles. The number of benzene rings is 1. The lowest BCUT2D eigenvalue weighted by Crippen LogP contribution is -2.03. The van der Waals surface area contributed by atoms with Gasteiger partial charge in [-0.25, -0.2) is 4.39 Å². The van der Waals surface area contributed by atoms with Gasteiger partial charge in [0.05, 0.1) is 17.5 Å². The minimum absolute atomic E-state index is 0.0874. The highest BCUT2D eigenvalue weighted by Crippen LogP contribution is 2.48. The maximum Gasteiger partial charge on any atom is 0.309 e. The van der Waals surface area contributed by atoms with Gasteiger partial charge in [0.1, 0.15) is 5.82 Å². The van der Waals surface area contributed by atoms with Crippen LogP contribution in [-0.4, -0.2) is 13.1 Å².